The minimum atomic E-state index is -4.38. The van der Waals surface area contributed by atoms with Crippen molar-refractivity contribution in [3.63, 3.8) is 0 Å². The van der Waals surface area contributed by atoms with Gasteiger partial charge in [0.2, 0.25) is 5.88 Å². The molecule has 0 aliphatic heterocycles. The average Bonchev–Trinajstić information content (AvgIpc) is 2.14. The van der Waals surface area contributed by atoms with Gasteiger partial charge in [-0.15, -0.1) is 0 Å². The van der Waals surface area contributed by atoms with Crippen molar-refractivity contribution < 1.29 is 17.9 Å². The summed E-state index contributed by atoms with van der Waals surface area (Å²) < 4.78 is 42.4. The first-order valence-electron chi connectivity index (χ1n) is 4.66. The van der Waals surface area contributed by atoms with E-state index in [1.165, 1.54) is 0 Å². The maximum Gasteiger partial charge on any atom is 0.417 e. The van der Waals surface area contributed by atoms with E-state index in [-0.39, 0.29) is 16.3 Å². The Morgan fingerprint density at radius 2 is 2.06 bits per heavy atom. The molecule has 1 aromatic rings. The fourth-order valence-electron chi connectivity index (χ4n) is 0.932. The zero-order chi connectivity index (χ0) is 12.3. The summed E-state index contributed by atoms with van der Waals surface area (Å²) in [5, 5.41) is 0. The third-order valence-electron chi connectivity index (χ3n) is 1.69. The third kappa shape index (κ3) is 3.66. The van der Waals surface area contributed by atoms with Crippen molar-refractivity contribution in [1.82, 2.24) is 4.98 Å². The number of ether oxygens (including phenoxy) is 1. The number of nitrogens with zero attached hydrogens (tertiary/aromatic N) is 1. The van der Waals surface area contributed by atoms with Crippen molar-refractivity contribution in [3.05, 3.63) is 22.3 Å². The summed E-state index contributed by atoms with van der Waals surface area (Å²) >= 11 is 3.00. The maximum atomic E-state index is 12.3. The summed E-state index contributed by atoms with van der Waals surface area (Å²) in [5.74, 6) is 0.470. The van der Waals surface area contributed by atoms with E-state index < -0.39 is 11.7 Å². The summed E-state index contributed by atoms with van der Waals surface area (Å²) in [6.07, 6.45) is -3.62. The van der Waals surface area contributed by atoms with E-state index in [2.05, 4.69) is 20.9 Å². The van der Waals surface area contributed by atoms with Crippen LogP contribution in [0.4, 0.5) is 13.2 Å². The SMILES string of the molecule is CC(C)COc1ncc(C(F)(F)F)cc1Br. The van der Waals surface area contributed by atoms with Crippen LogP contribution in [0, 0.1) is 5.92 Å². The van der Waals surface area contributed by atoms with E-state index in [1.54, 1.807) is 0 Å². The first-order valence-corrected chi connectivity index (χ1v) is 5.45. The van der Waals surface area contributed by atoms with Gasteiger partial charge in [-0.05, 0) is 27.9 Å². The van der Waals surface area contributed by atoms with Gasteiger partial charge in [-0.25, -0.2) is 4.98 Å². The molecular weight excluding hydrogens is 287 g/mol. The zero-order valence-electron chi connectivity index (χ0n) is 8.81. The van der Waals surface area contributed by atoms with Crippen LogP contribution in [0.2, 0.25) is 0 Å². The first-order chi connectivity index (χ1) is 7.30. The standard InChI is InChI=1S/C10H11BrF3NO/c1-6(2)5-16-9-8(11)3-7(4-15-9)10(12,13)14/h3-4,6H,5H2,1-2H3. The molecule has 0 N–H and O–H groups in total. The zero-order valence-corrected chi connectivity index (χ0v) is 10.4. The lowest BCUT2D eigenvalue weighted by molar-refractivity contribution is -0.137. The van der Waals surface area contributed by atoms with Gasteiger partial charge in [0, 0.05) is 6.20 Å². The molecule has 0 fully saturated rings. The molecule has 0 radical (unpaired) electrons. The number of alkyl halides is 3. The van der Waals surface area contributed by atoms with Crippen LogP contribution in [0.15, 0.2) is 16.7 Å². The van der Waals surface area contributed by atoms with Gasteiger partial charge in [0.25, 0.3) is 0 Å². The molecule has 0 bridgehead atoms. The molecule has 1 aromatic heterocycles. The van der Waals surface area contributed by atoms with Crippen LogP contribution in [0.3, 0.4) is 0 Å². The number of rotatable bonds is 3. The number of hydrogen-bond acceptors (Lipinski definition) is 2. The van der Waals surface area contributed by atoms with E-state index in [9.17, 15) is 13.2 Å². The van der Waals surface area contributed by atoms with Crippen molar-refractivity contribution in [1.29, 1.82) is 0 Å². The quantitative estimate of drug-likeness (QED) is 0.844. The second-order valence-corrected chi connectivity index (χ2v) is 4.57. The van der Waals surface area contributed by atoms with Crippen LogP contribution in [-0.4, -0.2) is 11.6 Å². The van der Waals surface area contributed by atoms with Crippen LogP contribution in [0.25, 0.3) is 0 Å². The number of halogens is 4. The lowest BCUT2D eigenvalue weighted by atomic mass is 10.2. The van der Waals surface area contributed by atoms with Gasteiger partial charge in [-0.3, -0.25) is 0 Å². The van der Waals surface area contributed by atoms with Crippen molar-refractivity contribution in [2.45, 2.75) is 20.0 Å². The second-order valence-electron chi connectivity index (χ2n) is 3.71. The van der Waals surface area contributed by atoms with Gasteiger partial charge in [0.1, 0.15) is 0 Å². The molecule has 90 valence electrons. The number of pyridine rings is 1. The summed E-state index contributed by atoms with van der Waals surface area (Å²) in [5.41, 5.74) is -0.795. The minimum Gasteiger partial charge on any atom is -0.477 e. The molecule has 0 aromatic carbocycles. The Hall–Kier alpha value is -0.780. The van der Waals surface area contributed by atoms with Crippen LogP contribution in [0.1, 0.15) is 19.4 Å². The molecule has 1 rings (SSSR count). The van der Waals surface area contributed by atoms with Crippen LogP contribution in [-0.2, 0) is 6.18 Å². The molecule has 16 heavy (non-hydrogen) atoms. The summed E-state index contributed by atoms with van der Waals surface area (Å²) in [6.45, 7) is 4.30. The van der Waals surface area contributed by atoms with Gasteiger partial charge in [-0.2, -0.15) is 13.2 Å². The number of hydrogen-bond donors (Lipinski definition) is 0. The Kier molecular flexibility index (Phi) is 4.18. The number of aromatic nitrogens is 1. The molecule has 0 aliphatic rings. The van der Waals surface area contributed by atoms with Gasteiger partial charge >= 0.3 is 6.18 Å². The highest BCUT2D eigenvalue weighted by Gasteiger charge is 2.31. The first kappa shape index (κ1) is 13.3. The fourth-order valence-corrected chi connectivity index (χ4v) is 1.40. The summed E-state index contributed by atoms with van der Waals surface area (Å²) in [7, 11) is 0. The Balaban J connectivity index is 2.84. The lowest BCUT2D eigenvalue weighted by Crippen LogP contribution is -2.09. The highest BCUT2D eigenvalue weighted by Crippen LogP contribution is 2.33. The average molecular weight is 298 g/mol. The van der Waals surface area contributed by atoms with E-state index in [0.717, 1.165) is 12.3 Å². The topological polar surface area (TPSA) is 22.1 Å². The molecule has 0 atom stereocenters. The van der Waals surface area contributed by atoms with Crippen molar-refractivity contribution in [2.75, 3.05) is 6.61 Å². The molecular formula is C10H11BrF3NO. The predicted octanol–water partition coefficient (Wildman–Crippen LogP) is 3.90. The van der Waals surface area contributed by atoms with E-state index in [4.69, 9.17) is 4.74 Å². The molecule has 0 saturated carbocycles. The highest BCUT2D eigenvalue weighted by atomic mass is 79.9. The third-order valence-corrected chi connectivity index (χ3v) is 2.26. The molecule has 0 saturated heterocycles. The van der Waals surface area contributed by atoms with Gasteiger partial charge in [-0.1, -0.05) is 13.8 Å². The van der Waals surface area contributed by atoms with Gasteiger partial charge in [0.05, 0.1) is 16.6 Å². The van der Waals surface area contributed by atoms with E-state index >= 15 is 0 Å². The van der Waals surface area contributed by atoms with Gasteiger partial charge < -0.3 is 4.74 Å². The largest absolute Gasteiger partial charge is 0.477 e. The van der Waals surface area contributed by atoms with Crippen LogP contribution >= 0.6 is 15.9 Å². The van der Waals surface area contributed by atoms with Crippen molar-refractivity contribution >= 4 is 15.9 Å². The molecule has 1 heterocycles. The van der Waals surface area contributed by atoms with Crippen molar-refractivity contribution in [2.24, 2.45) is 5.92 Å². The van der Waals surface area contributed by atoms with Crippen LogP contribution in [0.5, 0.6) is 5.88 Å². The van der Waals surface area contributed by atoms with E-state index in [1.807, 2.05) is 13.8 Å². The Morgan fingerprint density at radius 1 is 1.44 bits per heavy atom. The summed E-state index contributed by atoms with van der Waals surface area (Å²) in [4.78, 5) is 3.63. The lowest BCUT2D eigenvalue weighted by Gasteiger charge is -2.11. The van der Waals surface area contributed by atoms with Crippen LogP contribution < -0.4 is 4.74 Å². The fraction of sp³-hybridized carbons (Fsp3) is 0.500. The molecule has 2 nitrogen and oxygen atoms in total. The second kappa shape index (κ2) is 5.03. The minimum absolute atomic E-state index is 0.182. The molecule has 0 spiro atoms. The smallest absolute Gasteiger partial charge is 0.417 e. The molecule has 0 unspecified atom stereocenters. The Labute approximate surface area is 100.0 Å². The molecule has 0 amide bonds. The highest BCUT2D eigenvalue weighted by molar-refractivity contribution is 9.10. The van der Waals surface area contributed by atoms with Gasteiger partial charge in [0.15, 0.2) is 0 Å². The monoisotopic (exact) mass is 297 g/mol. The normalized spacial score (nSPS) is 11.9. The van der Waals surface area contributed by atoms with E-state index in [0.29, 0.717) is 6.61 Å². The summed E-state index contributed by atoms with van der Waals surface area (Å²) in [6, 6.07) is 0.961. The molecule has 6 heteroatoms. The Morgan fingerprint density at radius 3 is 2.50 bits per heavy atom. The Bertz CT molecular complexity index is 366. The maximum absolute atomic E-state index is 12.3. The molecule has 0 aliphatic carbocycles. The predicted molar refractivity (Wildman–Crippen MR) is 57.3 cm³/mol. The van der Waals surface area contributed by atoms with Crippen molar-refractivity contribution in [3.8, 4) is 5.88 Å².